The van der Waals surface area contributed by atoms with Gasteiger partial charge in [0, 0.05) is 37.1 Å². The summed E-state index contributed by atoms with van der Waals surface area (Å²) in [7, 11) is 0. The van der Waals surface area contributed by atoms with Crippen LogP contribution in [0, 0.1) is 6.57 Å². The van der Waals surface area contributed by atoms with E-state index in [1.54, 1.807) is 12.1 Å². The number of morpholine rings is 1. The minimum atomic E-state index is -0.711. The van der Waals surface area contributed by atoms with Crippen LogP contribution in [-0.2, 0) is 14.4 Å². The van der Waals surface area contributed by atoms with E-state index in [-0.39, 0.29) is 17.3 Å². The number of hydrogen-bond acceptors (Lipinski definition) is 7. The summed E-state index contributed by atoms with van der Waals surface area (Å²) in [5, 5.41) is 3.37. The predicted octanol–water partition coefficient (Wildman–Crippen LogP) is 5.12. The molecule has 1 aliphatic carbocycles. The third-order valence-corrected chi connectivity index (χ3v) is 7.62. The van der Waals surface area contributed by atoms with Crippen molar-refractivity contribution in [3.05, 3.63) is 106 Å². The van der Waals surface area contributed by atoms with Gasteiger partial charge in [0.25, 0.3) is 0 Å². The lowest BCUT2D eigenvalue weighted by molar-refractivity contribution is -0.140. The van der Waals surface area contributed by atoms with E-state index >= 15 is 0 Å². The Kier molecular flexibility index (Phi) is 7.44. The zero-order chi connectivity index (χ0) is 28.4. The van der Waals surface area contributed by atoms with Crippen LogP contribution in [0.25, 0.3) is 16.0 Å². The predicted molar refractivity (Wildman–Crippen MR) is 150 cm³/mol. The van der Waals surface area contributed by atoms with E-state index in [1.807, 2.05) is 56.3 Å². The maximum Gasteiger partial charge on any atom is 0.363 e. The summed E-state index contributed by atoms with van der Waals surface area (Å²) < 4.78 is 5.48. The van der Waals surface area contributed by atoms with Gasteiger partial charge in [-0.1, -0.05) is 67.2 Å². The average molecular weight is 536 g/mol. The van der Waals surface area contributed by atoms with Crippen molar-refractivity contribution in [1.82, 2.24) is 4.90 Å². The van der Waals surface area contributed by atoms with E-state index in [1.165, 1.54) is 0 Å². The quantitative estimate of drug-likeness (QED) is 0.0815. The number of Topliss-reactive ketones (excluding diaryl/α,β-unsaturated/α-hetero) is 2. The van der Waals surface area contributed by atoms with Gasteiger partial charge in [0.1, 0.15) is 0 Å². The molecular formula is C32H29N3O5. The second-order valence-electron chi connectivity index (χ2n) is 10.4. The molecule has 0 saturated carbocycles. The maximum absolute atomic E-state index is 13.7. The maximum atomic E-state index is 13.7. The van der Waals surface area contributed by atoms with Crippen molar-refractivity contribution < 1.29 is 24.0 Å². The van der Waals surface area contributed by atoms with E-state index in [4.69, 9.17) is 11.3 Å². The van der Waals surface area contributed by atoms with Gasteiger partial charge in [0.15, 0.2) is 5.78 Å². The molecule has 8 nitrogen and oxygen atoms in total. The molecule has 0 bridgehead atoms. The van der Waals surface area contributed by atoms with Crippen LogP contribution in [0.15, 0.2) is 71.9 Å². The summed E-state index contributed by atoms with van der Waals surface area (Å²) in [6, 6.07) is 21.1. The second-order valence-corrected chi connectivity index (χ2v) is 10.4. The number of carbonyl (C=O) groups excluding carboxylic acids is 3. The van der Waals surface area contributed by atoms with E-state index in [9.17, 15) is 14.4 Å². The average Bonchev–Trinajstić information content (AvgIpc) is 3.31. The van der Waals surface area contributed by atoms with Crippen LogP contribution in [0.1, 0.15) is 64.1 Å². The highest BCUT2D eigenvalue weighted by Crippen LogP contribution is 2.48. The Labute approximate surface area is 233 Å². The zero-order valence-corrected chi connectivity index (χ0v) is 22.6. The Bertz CT molecular complexity index is 1560. The van der Waals surface area contributed by atoms with Gasteiger partial charge in [-0.3, -0.25) is 9.69 Å². The van der Waals surface area contributed by atoms with Crippen molar-refractivity contribution in [2.24, 2.45) is 5.16 Å². The molecule has 1 fully saturated rings. The Morgan fingerprint density at radius 3 is 2.27 bits per heavy atom. The summed E-state index contributed by atoms with van der Waals surface area (Å²) in [6.45, 7) is 15.0. The summed E-state index contributed by atoms with van der Waals surface area (Å²) in [6.07, 6.45) is 0. The molecule has 1 heterocycles. The highest BCUT2D eigenvalue weighted by atomic mass is 16.7. The molecule has 2 aliphatic rings. The molecule has 0 amide bonds. The number of ether oxygens (including phenoxy) is 1. The van der Waals surface area contributed by atoms with Crippen molar-refractivity contribution in [1.29, 1.82) is 0 Å². The molecule has 0 spiro atoms. The van der Waals surface area contributed by atoms with Crippen LogP contribution in [0.5, 0.6) is 0 Å². The van der Waals surface area contributed by atoms with Gasteiger partial charge in [-0.25, -0.2) is 9.63 Å². The summed E-state index contributed by atoms with van der Waals surface area (Å²) in [5.74, 6) is -1.86. The largest absolute Gasteiger partial charge is 0.379 e. The van der Waals surface area contributed by atoms with Gasteiger partial charge in [0.05, 0.1) is 23.9 Å². The van der Waals surface area contributed by atoms with Crippen LogP contribution in [-0.4, -0.2) is 60.1 Å². The molecule has 5 rings (SSSR count). The highest BCUT2D eigenvalue weighted by molar-refractivity contribution is 6.48. The summed E-state index contributed by atoms with van der Waals surface area (Å²) in [4.78, 5) is 47.3. The van der Waals surface area contributed by atoms with Crippen LogP contribution in [0.4, 0.5) is 0 Å². The number of amidine groups is 1. The van der Waals surface area contributed by atoms with E-state index in [0.29, 0.717) is 18.8 Å². The van der Waals surface area contributed by atoms with Gasteiger partial charge < -0.3 is 14.4 Å². The van der Waals surface area contributed by atoms with Gasteiger partial charge in [-0.15, -0.1) is 0 Å². The van der Waals surface area contributed by atoms with Gasteiger partial charge in [-0.05, 0) is 47.7 Å². The molecule has 202 valence electrons. The van der Waals surface area contributed by atoms with Crippen molar-refractivity contribution in [3.63, 3.8) is 0 Å². The smallest absolute Gasteiger partial charge is 0.363 e. The molecule has 40 heavy (non-hydrogen) atoms. The Hall–Kier alpha value is -4.45. The Morgan fingerprint density at radius 2 is 1.60 bits per heavy atom. The lowest BCUT2D eigenvalue weighted by Gasteiger charge is -2.39. The molecule has 1 saturated heterocycles. The molecule has 3 aromatic carbocycles. The van der Waals surface area contributed by atoms with Crippen molar-refractivity contribution in [3.8, 4) is 11.1 Å². The number of oxime groups is 1. The number of ketones is 2. The molecule has 1 atom stereocenters. The van der Waals surface area contributed by atoms with Gasteiger partial charge >= 0.3 is 11.8 Å². The fraction of sp³-hybridized carbons (Fsp3) is 0.281. The molecule has 8 heteroatoms. The normalized spacial score (nSPS) is 16.9. The monoisotopic (exact) mass is 535 g/mol. The second kappa shape index (κ2) is 11.0. The SMILES string of the molecule is [C-]#[N+]/C(=N\OC(C)=O)C(=O)c1ccc(C2c3ccccc3-c3cc(C(=O)C(C)(C)N4CCOCC4)ccc32)cc1. The van der Waals surface area contributed by atoms with Gasteiger partial charge in [0.2, 0.25) is 5.78 Å². The molecule has 0 N–H and O–H groups in total. The number of hydrogen-bond donors (Lipinski definition) is 0. The molecule has 1 aliphatic heterocycles. The van der Waals surface area contributed by atoms with Crippen molar-refractivity contribution >= 4 is 23.4 Å². The van der Waals surface area contributed by atoms with E-state index in [0.717, 1.165) is 47.8 Å². The minimum absolute atomic E-state index is 0.0759. The standard InChI is InChI=1S/C32H29N3O5/c1-20(36)40-34-31(33-4)29(37)22-11-9-21(10-12-22)28-25-8-6-5-7-24(25)27-19-23(13-14-26(27)28)30(38)32(2,3)35-15-17-39-18-16-35/h5-14,19,28H,15-18H2,1-3H3/b34-31-. The topological polar surface area (TPSA) is 89.6 Å². The van der Waals surface area contributed by atoms with Crippen LogP contribution >= 0.6 is 0 Å². The minimum Gasteiger partial charge on any atom is -0.379 e. The van der Waals surface area contributed by atoms with Crippen LogP contribution in [0.3, 0.4) is 0 Å². The number of rotatable bonds is 7. The first-order valence-electron chi connectivity index (χ1n) is 13.1. The summed E-state index contributed by atoms with van der Waals surface area (Å²) in [5.41, 5.74) is 5.55. The molecule has 0 radical (unpaired) electrons. The van der Waals surface area contributed by atoms with Gasteiger partial charge in [-0.2, -0.15) is 0 Å². The fourth-order valence-electron chi connectivity index (χ4n) is 5.50. The number of benzene rings is 3. The highest BCUT2D eigenvalue weighted by Gasteiger charge is 2.37. The first-order chi connectivity index (χ1) is 19.2. The fourth-order valence-corrected chi connectivity index (χ4v) is 5.50. The van der Waals surface area contributed by atoms with Crippen molar-refractivity contribution in [2.75, 3.05) is 26.3 Å². The number of carbonyl (C=O) groups is 3. The Balaban J connectivity index is 1.47. The Morgan fingerprint density at radius 1 is 0.950 bits per heavy atom. The lowest BCUT2D eigenvalue weighted by Crippen LogP contribution is -2.54. The molecule has 0 aromatic heterocycles. The van der Waals surface area contributed by atoms with E-state index < -0.39 is 23.1 Å². The van der Waals surface area contributed by atoms with Crippen LogP contribution < -0.4 is 0 Å². The molecular weight excluding hydrogens is 506 g/mol. The molecule has 3 aromatic rings. The van der Waals surface area contributed by atoms with E-state index in [2.05, 4.69) is 31.9 Å². The van der Waals surface area contributed by atoms with Crippen LogP contribution in [0.2, 0.25) is 0 Å². The number of nitrogens with zero attached hydrogens (tertiary/aromatic N) is 3. The van der Waals surface area contributed by atoms with Crippen molar-refractivity contribution in [2.45, 2.75) is 32.2 Å². The summed E-state index contributed by atoms with van der Waals surface area (Å²) >= 11 is 0. The number of fused-ring (bicyclic) bond motifs is 3. The zero-order valence-electron chi connectivity index (χ0n) is 22.6. The first-order valence-corrected chi connectivity index (χ1v) is 13.1. The lowest BCUT2D eigenvalue weighted by atomic mass is 9.86. The third kappa shape index (κ3) is 4.97. The first kappa shape index (κ1) is 27.1. The molecule has 1 unspecified atom stereocenters. The third-order valence-electron chi connectivity index (χ3n) is 7.62.